The highest BCUT2D eigenvalue weighted by Gasteiger charge is 2.39. The van der Waals surface area contributed by atoms with Gasteiger partial charge in [0.2, 0.25) is 11.8 Å². The molecular formula is C32H47N3O4S. The fraction of sp³-hybridized carbons (Fsp3) is 0.531. The van der Waals surface area contributed by atoms with Crippen LogP contribution in [0.5, 0.6) is 0 Å². The van der Waals surface area contributed by atoms with Crippen molar-refractivity contribution in [1.29, 1.82) is 0 Å². The van der Waals surface area contributed by atoms with Crippen molar-refractivity contribution in [3.8, 4) is 0 Å². The molecule has 3 amide bonds. The minimum Gasteiger partial charge on any atom is -0.444 e. The Balaban J connectivity index is 2.56. The van der Waals surface area contributed by atoms with E-state index in [0.29, 0.717) is 18.9 Å². The van der Waals surface area contributed by atoms with Gasteiger partial charge in [0.05, 0.1) is 0 Å². The zero-order valence-corrected chi connectivity index (χ0v) is 26.2. The minimum absolute atomic E-state index is 0.0522. The minimum atomic E-state index is -0.978. The number of nitrogens with one attached hydrogen (secondary N) is 2. The summed E-state index contributed by atoms with van der Waals surface area (Å²) in [4.78, 5) is 42.6. The lowest BCUT2D eigenvalue weighted by Gasteiger charge is -2.39. The first-order valence-corrected chi connectivity index (χ1v) is 14.7. The van der Waals surface area contributed by atoms with E-state index in [2.05, 4.69) is 37.1 Å². The largest absolute Gasteiger partial charge is 0.444 e. The molecule has 7 nitrogen and oxygen atoms in total. The van der Waals surface area contributed by atoms with Crippen molar-refractivity contribution in [2.45, 2.75) is 98.5 Å². The zero-order chi connectivity index (χ0) is 30.0. The smallest absolute Gasteiger partial charge is 0.408 e. The first kappa shape index (κ1) is 33.2. The summed E-state index contributed by atoms with van der Waals surface area (Å²) in [7, 11) is 0. The Bertz CT molecular complexity index is 1130. The molecule has 3 atom stereocenters. The third kappa shape index (κ3) is 9.88. The number of carbonyl (C=O) groups excluding carboxylic acids is 3. The van der Waals surface area contributed by atoms with Crippen LogP contribution in [0.1, 0.15) is 82.7 Å². The van der Waals surface area contributed by atoms with Gasteiger partial charge in [-0.2, -0.15) is 12.6 Å². The van der Waals surface area contributed by atoms with Gasteiger partial charge in [0.1, 0.15) is 17.7 Å². The van der Waals surface area contributed by atoms with Crippen LogP contribution < -0.4 is 10.6 Å². The van der Waals surface area contributed by atoms with Crippen LogP contribution in [0, 0.1) is 19.8 Å². The second-order valence-corrected chi connectivity index (χ2v) is 12.2. The lowest BCUT2D eigenvalue weighted by Crippen LogP contribution is -2.56. The summed E-state index contributed by atoms with van der Waals surface area (Å²) in [5.41, 5.74) is 2.96. The number of hydrogen-bond acceptors (Lipinski definition) is 5. The number of rotatable bonds is 12. The molecule has 0 spiro atoms. The lowest BCUT2D eigenvalue weighted by atomic mass is 9.93. The predicted molar refractivity (Wildman–Crippen MR) is 164 cm³/mol. The highest BCUT2D eigenvalue weighted by molar-refractivity contribution is 7.80. The molecule has 0 saturated carbocycles. The number of nitrogens with zero attached hydrogens (tertiary/aromatic N) is 1. The van der Waals surface area contributed by atoms with Gasteiger partial charge < -0.3 is 20.3 Å². The van der Waals surface area contributed by atoms with Crippen LogP contribution in [-0.2, 0) is 20.9 Å². The number of benzene rings is 2. The topological polar surface area (TPSA) is 87.7 Å². The maximum atomic E-state index is 14.3. The SMILES string of the molecule is Cc1cccc(C(C(=O)NCc2ccccc2)N(C(=O)C(CS)NC(=O)OC(C)(C)C)C(C)CCC(C)C)c1C. The van der Waals surface area contributed by atoms with Gasteiger partial charge in [0, 0.05) is 18.3 Å². The van der Waals surface area contributed by atoms with Crippen LogP contribution in [-0.4, -0.2) is 46.2 Å². The molecule has 3 unspecified atom stereocenters. The molecule has 0 fully saturated rings. The first-order valence-electron chi connectivity index (χ1n) is 14.1. The van der Waals surface area contributed by atoms with Crippen LogP contribution in [0.3, 0.4) is 0 Å². The molecule has 0 aromatic heterocycles. The molecule has 2 aromatic rings. The Labute approximate surface area is 245 Å². The first-order chi connectivity index (χ1) is 18.7. The van der Waals surface area contributed by atoms with E-state index in [1.54, 1.807) is 25.7 Å². The predicted octanol–water partition coefficient (Wildman–Crippen LogP) is 6.14. The molecule has 0 aliphatic rings. The summed E-state index contributed by atoms with van der Waals surface area (Å²) in [6.45, 7) is 15.8. The van der Waals surface area contributed by atoms with Crippen LogP contribution in [0.25, 0.3) is 0 Å². The molecular weight excluding hydrogens is 522 g/mol. The van der Waals surface area contributed by atoms with E-state index in [1.165, 1.54) is 0 Å². The Morgan fingerprint density at radius 1 is 0.950 bits per heavy atom. The highest BCUT2D eigenvalue weighted by Crippen LogP contribution is 2.31. The van der Waals surface area contributed by atoms with E-state index < -0.39 is 23.8 Å². The lowest BCUT2D eigenvalue weighted by molar-refractivity contribution is -0.144. The fourth-order valence-corrected chi connectivity index (χ4v) is 4.74. The van der Waals surface area contributed by atoms with Crippen molar-refractivity contribution >= 4 is 30.5 Å². The molecule has 0 radical (unpaired) electrons. The maximum absolute atomic E-state index is 14.3. The summed E-state index contributed by atoms with van der Waals surface area (Å²) in [6.07, 6.45) is 0.871. The number of alkyl carbamates (subject to hydrolysis) is 1. The summed E-state index contributed by atoms with van der Waals surface area (Å²) < 4.78 is 5.42. The number of ether oxygens (including phenoxy) is 1. The number of thiol groups is 1. The van der Waals surface area contributed by atoms with Gasteiger partial charge in [-0.1, -0.05) is 62.4 Å². The molecule has 220 valence electrons. The van der Waals surface area contributed by atoms with Crippen molar-refractivity contribution in [2.75, 3.05) is 5.75 Å². The van der Waals surface area contributed by atoms with Crippen molar-refractivity contribution in [3.05, 3.63) is 70.8 Å². The monoisotopic (exact) mass is 569 g/mol. The Morgan fingerprint density at radius 3 is 2.17 bits per heavy atom. The molecule has 0 bridgehead atoms. The zero-order valence-electron chi connectivity index (χ0n) is 25.3. The summed E-state index contributed by atoms with van der Waals surface area (Å²) in [5, 5.41) is 5.76. The van der Waals surface area contributed by atoms with Crippen molar-refractivity contribution in [3.63, 3.8) is 0 Å². The van der Waals surface area contributed by atoms with Gasteiger partial charge in [-0.05, 0) is 82.6 Å². The molecule has 0 saturated heterocycles. The number of amides is 3. The van der Waals surface area contributed by atoms with Gasteiger partial charge in [-0.15, -0.1) is 0 Å². The Hall–Kier alpha value is -3.00. The normalized spacial score (nSPS) is 13.8. The van der Waals surface area contributed by atoms with E-state index in [1.807, 2.05) is 69.3 Å². The van der Waals surface area contributed by atoms with Crippen molar-refractivity contribution in [1.82, 2.24) is 15.5 Å². The quantitative estimate of drug-likeness (QED) is 0.268. The number of carbonyl (C=O) groups is 3. The average Bonchev–Trinajstić information content (AvgIpc) is 2.88. The van der Waals surface area contributed by atoms with E-state index in [4.69, 9.17) is 4.74 Å². The van der Waals surface area contributed by atoms with Crippen molar-refractivity contribution in [2.24, 2.45) is 5.92 Å². The van der Waals surface area contributed by atoms with Gasteiger partial charge in [0.25, 0.3) is 0 Å². The molecule has 2 aromatic carbocycles. The Kier molecular flexibility index (Phi) is 12.6. The van der Waals surface area contributed by atoms with E-state index in [0.717, 1.165) is 28.7 Å². The van der Waals surface area contributed by atoms with Gasteiger partial charge in [0.15, 0.2) is 0 Å². The van der Waals surface area contributed by atoms with Crippen LogP contribution in [0.4, 0.5) is 4.79 Å². The van der Waals surface area contributed by atoms with E-state index in [9.17, 15) is 14.4 Å². The number of aryl methyl sites for hydroxylation is 1. The average molecular weight is 570 g/mol. The van der Waals surface area contributed by atoms with Crippen molar-refractivity contribution < 1.29 is 19.1 Å². The van der Waals surface area contributed by atoms with Crippen LogP contribution in [0.15, 0.2) is 48.5 Å². The Morgan fingerprint density at radius 2 is 1.60 bits per heavy atom. The molecule has 2 N–H and O–H groups in total. The molecule has 0 aliphatic heterocycles. The number of hydrogen-bond donors (Lipinski definition) is 3. The summed E-state index contributed by atoms with van der Waals surface area (Å²) in [5.74, 6) is -0.183. The van der Waals surface area contributed by atoms with Crippen LogP contribution >= 0.6 is 12.6 Å². The second kappa shape index (κ2) is 15.1. The molecule has 0 heterocycles. The van der Waals surface area contributed by atoms with Gasteiger partial charge in [-0.3, -0.25) is 9.59 Å². The van der Waals surface area contributed by atoms with Crippen LogP contribution in [0.2, 0.25) is 0 Å². The third-order valence-corrected chi connectivity index (χ3v) is 7.21. The van der Waals surface area contributed by atoms with E-state index in [-0.39, 0.29) is 23.6 Å². The molecule has 0 aliphatic carbocycles. The van der Waals surface area contributed by atoms with E-state index >= 15 is 0 Å². The van der Waals surface area contributed by atoms with Gasteiger partial charge in [-0.25, -0.2) is 4.79 Å². The fourth-order valence-electron chi connectivity index (χ4n) is 4.50. The summed E-state index contributed by atoms with van der Waals surface area (Å²) >= 11 is 4.40. The third-order valence-electron chi connectivity index (χ3n) is 6.84. The second-order valence-electron chi connectivity index (χ2n) is 11.8. The molecule has 2 rings (SSSR count). The van der Waals surface area contributed by atoms with Gasteiger partial charge >= 0.3 is 6.09 Å². The molecule has 8 heteroatoms. The molecule has 40 heavy (non-hydrogen) atoms. The summed E-state index contributed by atoms with van der Waals surface area (Å²) in [6, 6.07) is 13.3. The highest BCUT2D eigenvalue weighted by atomic mass is 32.1. The standard InChI is InChI=1S/C32H47N3O4S/c1-21(2)17-18-23(4)35(30(37)27(20-40)34-31(38)39-32(6,7)8)28(26-16-12-13-22(3)24(26)5)29(36)33-19-25-14-10-9-11-15-25/h9-16,21,23,27-28,40H,17-20H2,1-8H3,(H,33,36)(H,34,38). The maximum Gasteiger partial charge on any atom is 0.408 e.